The Balaban J connectivity index is 1.53. The van der Waals surface area contributed by atoms with Gasteiger partial charge in [-0.05, 0) is 42.8 Å². The van der Waals surface area contributed by atoms with E-state index in [-0.39, 0.29) is 11.4 Å². The molecule has 2 saturated heterocycles. The van der Waals surface area contributed by atoms with Crippen molar-refractivity contribution in [1.29, 1.82) is 0 Å². The number of amides is 3. The third-order valence-corrected chi connectivity index (χ3v) is 6.57. The van der Waals surface area contributed by atoms with Crippen molar-refractivity contribution < 1.29 is 19.3 Å². The lowest BCUT2D eigenvalue weighted by molar-refractivity contribution is -0.384. The quantitative estimate of drug-likeness (QED) is 0.408. The van der Waals surface area contributed by atoms with Crippen LogP contribution in [-0.4, -0.2) is 46.0 Å². The second kappa shape index (κ2) is 8.07. The first kappa shape index (κ1) is 21.8. The van der Waals surface area contributed by atoms with Crippen molar-refractivity contribution in [2.45, 2.75) is 19.0 Å². The lowest BCUT2D eigenvalue weighted by Crippen LogP contribution is -2.47. The predicted molar refractivity (Wildman–Crippen MR) is 124 cm³/mol. The van der Waals surface area contributed by atoms with Gasteiger partial charge in [0.05, 0.1) is 28.5 Å². The van der Waals surface area contributed by atoms with Crippen molar-refractivity contribution in [3.8, 4) is 0 Å². The molecule has 0 radical (unpaired) electrons. The van der Waals surface area contributed by atoms with Crippen molar-refractivity contribution in [1.82, 2.24) is 5.01 Å². The van der Waals surface area contributed by atoms with Gasteiger partial charge in [-0.25, -0.2) is 4.90 Å². The van der Waals surface area contributed by atoms with Crippen LogP contribution in [0.1, 0.15) is 5.56 Å². The maximum atomic E-state index is 13.6. The molecule has 0 saturated carbocycles. The molecule has 172 valence electrons. The molecule has 3 amide bonds. The number of imide groups is 1. The number of benzene rings is 2. The number of nitro groups is 1. The van der Waals surface area contributed by atoms with E-state index in [1.54, 1.807) is 43.3 Å². The number of hydrogen-bond acceptors (Lipinski definition) is 7. The number of hydrogen-bond donors (Lipinski definition) is 1. The molecule has 2 aromatic rings. The van der Waals surface area contributed by atoms with Crippen molar-refractivity contribution in [3.63, 3.8) is 0 Å². The summed E-state index contributed by atoms with van der Waals surface area (Å²) < 4.78 is 0. The molecule has 2 fully saturated rings. The average molecular weight is 480 g/mol. The molecule has 4 atom stereocenters. The van der Waals surface area contributed by atoms with Crippen LogP contribution in [0.5, 0.6) is 0 Å². The standard InChI is InChI=1S/C23H18ClN5O5/c1-12-4-9-15(29(33)34)11-17(12)27-22(31)18-16-3-2-10-25-28(16)20(19(18)23(27)32)21(30)26-14-7-5-13(24)6-8-14/h2-11,16,18-20H,1H3,(H,26,30)/t16-,18-,19-,20+/m0/s1. The van der Waals surface area contributed by atoms with Crippen LogP contribution in [0.25, 0.3) is 0 Å². The molecule has 0 unspecified atom stereocenters. The SMILES string of the molecule is Cc1ccc([N+](=O)[O-])cc1N1C(=O)[C@@H]2[C@H](C1=O)[C@H](C(=O)Nc1ccc(Cl)cc1)N1N=CC=C[C@@H]21. The Hall–Kier alpha value is -4.05. The van der Waals surface area contributed by atoms with Crippen LogP contribution in [0.2, 0.25) is 5.02 Å². The van der Waals surface area contributed by atoms with E-state index in [2.05, 4.69) is 10.4 Å². The van der Waals surface area contributed by atoms with Crippen molar-refractivity contribution >= 4 is 52.6 Å². The van der Waals surface area contributed by atoms with E-state index in [0.717, 1.165) is 4.90 Å². The number of allylic oxidation sites excluding steroid dienone is 1. The van der Waals surface area contributed by atoms with Crippen LogP contribution in [0.4, 0.5) is 17.1 Å². The lowest BCUT2D eigenvalue weighted by atomic mass is 9.88. The first-order valence-corrected chi connectivity index (χ1v) is 10.8. The highest BCUT2D eigenvalue weighted by atomic mass is 35.5. The van der Waals surface area contributed by atoms with Gasteiger partial charge in [0.2, 0.25) is 17.7 Å². The molecular weight excluding hydrogens is 462 g/mol. The van der Waals surface area contributed by atoms with E-state index in [1.165, 1.54) is 29.4 Å². The highest BCUT2D eigenvalue weighted by Crippen LogP contribution is 2.46. The molecule has 0 spiro atoms. The zero-order valence-corrected chi connectivity index (χ0v) is 18.5. The molecule has 2 aromatic carbocycles. The van der Waals surface area contributed by atoms with E-state index < -0.39 is 46.6 Å². The molecular formula is C23H18ClN5O5. The Kier molecular flexibility index (Phi) is 5.17. The van der Waals surface area contributed by atoms with Crippen LogP contribution in [-0.2, 0) is 14.4 Å². The minimum absolute atomic E-state index is 0.144. The van der Waals surface area contributed by atoms with Crippen LogP contribution >= 0.6 is 11.6 Å². The second-order valence-corrected chi connectivity index (χ2v) is 8.69. The molecule has 10 nitrogen and oxygen atoms in total. The summed E-state index contributed by atoms with van der Waals surface area (Å²) in [5.41, 5.74) is 0.918. The minimum Gasteiger partial charge on any atom is -0.324 e. The summed E-state index contributed by atoms with van der Waals surface area (Å²) in [4.78, 5) is 52.2. The number of carbonyl (C=O) groups excluding carboxylic acids is 3. The number of nitrogens with zero attached hydrogens (tertiary/aromatic N) is 4. The number of carbonyl (C=O) groups is 3. The molecule has 5 rings (SSSR count). The van der Waals surface area contributed by atoms with Gasteiger partial charge in [-0.1, -0.05) is 23.7 Å². The normalized spacial score (nSPS) is 24.9. The molecule has 3 aliphatic rings. The fourth-order valence-electron chi connectivity index (χ4n) is 4.78. The van der Waals surface area contributed by atoms with E-state index in [0.29, 0.717) is 16.3 Å². The minimum atomic E-state index is -1.05. The van der Waals surface area contributed by atoms with Crippen molar-refractivity contribution in [2.24, 2.45) is 16.9 Å². The molecule has 0 aromatic heterocycles. The Morgan fingerprint density at radius 3 is 2.53 bits per heavy atom. The van der Waals surface area contributed by atoms with E-state index in [1.807, 2.05) is 0 Å². The average Bonchev–Trinajstić information content (AvgIpc) is 3.28. The van der Waals surface area contributed by atoms with Gasteiger partial charge in [-0.3, -0.25) is 29.5 Å². The number of rotatable bonds is 4. The summed E-state index contributed by atoms with van der Waals surface area (Å²) in [6.07, 6.45) is 4.89. The van der Waals surface area contributed by atoms with Gasteiger partial charge >= 0.3 is 0 Å². The maximum Gasteiger partial charge on any atom is 0.271 e. The summed E-state index contributed by atoms with van der Waals surface area (Å²) in [5, 5.41) is 20.3. The van der Waals surface area contributed by atoms with Gasteiger partial charge in [-0.15, -0.1) is 0 Å². The molecule has 0 aliphatic carbocycles. The molecule has 11 heteroatoms. The number of anilines is 2. The van der Waals surface area contributed by atoms with Crippen LogP contribution in [0, 0.1) is 28.9 Å². The summed E-state index contributed by atoms with van der Waals surface area (Å²) in [5.74, 6) is -3.47. The van der Waals surface area contributed by atoms with Gasteiger partial charge < -0.3 is 5.32 Å². The number of aryl methyl sites for hydroxylation is 1. The number of nitro benzene ring substituents is 1. The Morgan fingerprint density at radius 1 is 1.12 bits per heavy atom. The van der Waals surface area contributed by atoms with E-state index in [4.69, 9.17) is 11.6 Å². The number of fused-ring (bicyclic) bond motifs is 3. The van der Waals surface area contributed by atoms with E-state index in [9.17, 15) is 24.5 Å². The summed E-state index contributed by atoms with van der Waals surface area (Å²) in [6, 6.07) is 8.86. The highest BCUT2D eigenvalue weighted by Gasteiger charge is 2.64. The number of non-ortho nitro benzene ring substituents is 1. The zero-order chi connectivity index (χ0) is 24.1. The molecule has 1 N–H and O–H groups in total. The van der Waals surface area contributed by atoms with Gasteiger partial charge in [0.25, 0.3) is 5.69 Å². The maximum absolute atomic E-state index is 13.6. The molecule has 3 heterocycles. The molecule has 0 bridgehead atoms. The Labute approximate surface area is 198 Å². The summed E-state index contributed by atoms with van der Waals surface area (Å²) in [6.45, 7) is 1.66. The third kappa shape index (κ3) is 3.34. The fraction of sp³-hybridized carbons (Fsp3) is 0.217. The molecule has 3 aliphatic heterocycles. The number of hydrazone groups is 1. The van der Waals surface area contributed by atoms with Gasteiger partial charge in [-0.2, -0.15) is 5.10 Å². The topological polar surface area (TPSA) is 125 Å². The first-order valence-electron chi connectivity index (χ1n) is 10.5. The predicted octanol–water partition coefficient (Wildman–Crippen LogP) is 2.91. The first-order chi connectivity index (χ1) is 16.3. The highest BCUT2D eigenvalue weighted by molar-refractivity contribution is 6.30. The largest absolute Gasteiger partial charge is 0.324 e. The molecule has 34 heavy (non-hydrogen) atoms. The van der Waals surface area contributed by atoms with Crippen LogP contribution < -0.4 is 10.2 Å². The Morgan fingerprint density at radius 2 is 1.82 bits per heavy atom. The number of halogens is 1. The van der Waals surface area contributed by atoms with Crippen LogP contribution in [0.3, 0.4) is 0 Å². The van der Waals surface area contributed by atoms with E-state index >= 15 is 0 Å². The van der Waals surface area contributed by atoms with Crippen LogP contribution in [0.15, 0.2) is 59.7 Å². The second-order valence-electron chi connectivity index (χ2n) is 8.25. The monoisotopic (exact) mass is 479 g/mol. The number of nitrogens with one attached hydrogen (secondary N) is 1. The summed E-state index contributed by atoms with van der Waals surface area (Å²) in [7, 11) is 0. The van der Waals surface area contributed by atoms with Crippen molar-refractivity contribution in [3.05, 3.63) is 75.3 Å². The smallest absolute Gasteiger partial charge is 0.271 e. The third-order valence-electron chi connectivity index (χ3n) is 6.32. The lowest BCUT2D eigenvalue weighted by Gasteiger charge is -2.30. The Bertz CT molecular complexity index is 1290. The van der Waals surface area contributed by atoms with Gasteiger partial charge in [0, 0.05) is 29.1 Å². The van der Waals surface area contributed by atoms with Crippen molar-refractivity contribution in [2.75, 3.05) is 10.2 Å². The summed E-state index contributed by atoms with van der Waals surface area (Å²) >= 11 is 5.91. The fourth-order valence-corrected chi connectivity index (χ4v) is 4.90. The zero-order valence-electron chi connectivity index (χ0n) is 17.8. The van der Waals surface area contributed by atoms with Gasteiger partial charge in [0.1, 0.15) is 6.04 Å². The van der Waals surface area contributed by atoms with Gasteiger partial charge in [0.15, 0.2) is 0 Å².